The molecule has 32 heavy (non-hydrogen) atoms. The molecule has 0 aliphatic heterocycles. The number of esters is 1. The minimum atomic E-state index is -0.613. The maximum Gasteiger partial charge on any atom is 0.340 e. The van der Waals surface area contributed by atoms with Gasteiger partial charge in [-0.2, -0.15) is 0 Å². The second-order valence-electron chi connectivity index (χ2n) is 6.86. The Morgan fingerprint density at radius 3 is 2.28 bits per heavy atom. The molecule has 0 aromatic heterocycles. The number of rotatable bonds is 12. The molecule has 174 valence electrons. The average Bonchev–Trinajstić information content (AvgIpc) is 2.81. The van der Waals surface area contributed by atoms with Gasteiger partial charge in [0, 0.05) is 29.9 Å². The van der Waals surface area contributed by atoms with E-state index in [4.69, 9.17) is 23.7 Å². The Balaban J connectivity index is 2.34. The van der Waals surface area contributed by atoms with Crippen molar-refractivity contribution in [3.8, 4) is 17.2 Å². The fourth-order valence-corrected chi connectivity index (χ4v) is 3.01. The summed E-state index contributed by atoms with van der Waals surface area (Å²) in [5.74, 6) is 0.366. The highest BCUT2D eigenvalue weighted by Gasteiger charge is 2.20. The molecule has 0 saturated heterocycles. The van der Waals surface area contributed by atoms with Crippen LogP contribution in [0.15, 0.2) is 30.3 Å². The van der Waals surface area contributed by atoms with Gasteiger partial charge in [-0.15, -0.1) is 0 Å². The van der Waals surface area contributed by atoms with Crippen LogP contribution in [0.1, 0.15) is 53.0 Å². The molecule has 0 fully saturated rings. The Morgan fingerprint density at radius 1 is 0.938 bits per heavy atom. The zero-order chi connectivity index (χ0) is 23.5. The van der Waals surface area contributed by atoms with E-state index in [0.29, 0.717) is 42.6 Å². The molecule has 0 unspecified atom stereocenters. The lowest BCUT2D eigenvalue weighted by Gasteiger charge is -2.16. The van der Waals surface area contributed by atoms with Gasteiger partial charge in [0.15, 0.2) is 11.5 Å². The molecule has 0 bridgehead atoms. The van der Waals surface area contributed by atoms with Gasteiger partial charge >= 0.3 is 5.97 Å². The van der Waals surface area contributed by atoms with Gasteiger partial charge in [-0.1, -0.05) is 13.3 Å². The molecule has 1 N–H and O–H groups in total. The molecule has 8 heteroatoms. The first-order valence-electron chi connectivity index (χ1n) is 10.5. The summed E-state index contributed by atoms with van der Waals surface area (Å²) in [6.07, 6.45) is 1.99. The molecular formula is C24H31NO7. The summed E-state index contributed by atoms with van der Waals surface area (Å²) >= 11 is 0. The quantitative estimate of drug-likeness (QED) is 0.381. The van der Waals surface area contributed by atoms with Gasteiger partial charge in [0.25, 0.3) is 5.91 Å². The molecule has 2 aromatic carbocycles. The number of ether oxygens (including phenoxy) is 5. The van der Waals surface area contributed by atoms with E-state index in [2.05, 4.69) is 12.2 Å². The molecule has 8 nitrogen and oxygen atoms in total. The molecule has 0 radical (unpaired) electrons. The Kier molecular flexibility index (Phi) is 9.81. The standard InChI is InChI=1S/C24H31NO7/c1-6-8-11-31-15-17-12-16(9-10-20(17)32-7-2)23(26)25-19-14-22(29-4)21(28-3)13-18(19)24(27)30-5/h9-10,12-14H,6-8,11,15H2,1-5H3,(H,25,26). The van der Waals surface area contributed by atoms with Crippen LogP contribution in [0, 0.1) is 0 Å². The largest absolute Gasteiger partial charge is 0.494 e. The van der Waals surface area contributed by atoms with E-state index in [1.165, 1.54) is 33.5 Å². The Hall–Kier alpha value is -3.26. The van der Waals surface area contributed by atoms with Crippen LogP contribution in [0.4, 0.5) is 5.69 Å². The number of carbonyl (C=O) groups is 2. The van der Waals surface area contributed by atoms with Crippen LogP contribution in [0.5, 0.6) is 17.2 Å². The van der Waals surface area contributed by atoms with E-state index in [1.54, 1.807) is 18.2 Å². The zero-order valence-corrected chi connectivity index (χ0v) is 19.3. The van der Waals surface area contributed by atoms with Crippen molar-refractivity contribution in [2.75, 3.05) is 39.9 Å². The van der Waals surface area contributed by atoms with Crippen LogP contribution in [0.3, 0.4) is 0 Å². The van der Waals surface area contributed by atoms with Crippen LogP contribution in [-0.2, 0) is 16.1 Å². The molecule has 2 aromatic rings. The fourth-order valence-electron chi connectivity index (χ4n) is 3.01. The van der Waals surface area contributed by atoms with Crippen LogP contribution >= 0.6 is 0 Å². The van der Waals surface area contributed by atoms with Crippen molar-refractivity contribution in [1.29, 1.82) is 0 Å². The number of amides is 1. The highest BCUT2D eigenvalue weighted by Crippen LogP contribution is 2.34. The summed E-state index contributed by atoms with van der Waals surface area (Å²) in [7, 11) is 4.20. The highest BCUT2D eigenvalue weighted by atomic mass is 16.5. The van der Waals surface area contributed by atoms with Gasteiger partial charge in [0.05, 0.1) is 45.8 Å². The van der Waals surface area contributed by atoms with Crippen molar-refractivity contribution in [3.05, 3.63) is 47.0 Å². The number of carbonyl (C=O) groups excluding carboxylic acids is 2. The lowest BCUT2D eigenvalue weighted by atomic mass is 10.1. The predicted molar refractivity (Wildman–Crippen MR) is 121 cm³/mol. The molecule has 1 amide bonds. The van der Waals surface area contributed by atoms with Gasteiger partial charge in [0.1, 0.15) is 5.75 Å². The predicted octanol–water partition coefficient (Wildman–Crippen LogP) is 4.46. The molecule has 0 atom stereocenters. The Labute approximate surface area is 188 Å². The summed E-state index contributed by atoms with van der Waals surface area (Å²) in [6, 6.07) is 8.11. The normalized spacial score (nSPS) is 10.4. The molecule has 0 saturated carbocycles. The Morgan fingerprint density at radius 2 is 1.66 bits per heavy atom. The maximum absolute atomic E-state index is 13.0. The summed E-state index contributed by atoms with van der Waals surface area (Å²) in [5.41, 5.74) is 1.56. The minimum absolute atomic E-state index is 0.146. The number of unbranched alkanes of at least 4 members (excludes halogenated alkanes) is 1. The zero-order valence-electron chi connectivity index (χ0n) is 19.3. The number of nitrogens with one attached hydrogen (secondary N) is 1. The van der Waals surface area contributed by atoms with Crippen molar-refractivity contribution < 1.29 is 33.3 Å². The second-order valence-corrected chi connectivity index (χ2v) is 6.86. The average molecular weight is 446 g/mol. The monoisotopic (exact) mass is 445 g/mol. The fraction of sp³-hybridized carbons (Fsp3) is 0.417. The van der Waals surface area contributed by atoms with Crippen molar-refractivity contribution in [2.24, 2.45) is 0 Å². The van der Waals surface area contributed by atoms with Crippen molar-refractivity contribution in [2.45, 2.75) is 33.3 Å². The van der Waals surface area contributed by atoms with Crippen molar-refractivity contribution in [3.63, 3.8) is 0 Å². The van der Waals surface area contributed by atoms with Gasteiger partial charge < -0.3 is 29.0 Å². The van der Waals surface area contributed by atoms with Gasteiger partial charge in [-0.25, -0.2) is 4.79 Å². The first-order chi connectivity index (χ1) is 15.5. The number of hydrogen-bond donors (Lipinski definition) is 1. The smallest absolute Gasteiger partial charge is 0.340 e. The molecule has 0 aliphatic carbocycles. The van der Waals surface area contributed by atoms with E-state index in [9.17, 15) is 9.59 Å². The summed E-state index contributed by atoms with van der Waals surface area (Å²) in [6.45, 7) is 5.46. The molecule has 0 heterocycles. The molecular weight excluding hydrogens is 414 g/mol. The van der Waals surface area contributed by atoms with Crippen molar-refractivity contribution in [1.82, 2.24) is 0 Å². The van der Waals surface area contributed by atoms with E-state index >= 15 is 0 Å². The minimum Gasteiger partial charge on any atom is -0.494 e. The molecule has 0 spiro atoms. The summed E-state index contributed by atoms with van der Waals surface area (Å²) < 4.78 is 26.8. The van der Waals surface area contributed by atoms with E-state index < -0.39 is 11.9 Å². The van der Waals surface area contributed by atoms with Crippen LogP contribution in [0.2, 0.25) is 0 Å². The SMILES string of the molecule is CCCCOCc1cc(C(=O)Nc2cc(OC)c(OC)cc2C(=O)OC)ccc1OCC. The van der Waals surface area contributed by atoms with Gasteiger partial charge in [-0.05, 0) is 31.5 Å². The second kappa shape index (κ2) is 12.6. The van der Waals surface area contributed by atoms with E-state index in [0.717, 1.165) is 18.4 Å². The third-order valence-corrected chi connectivity index (χ3v) is 4.70. The third kappa shape index (κ3) is 6.37. The first kappa shape index (κ1) is 25.0. The van der Waals surface area contributed by atoms with Crippen molar-refractivity contribution >= 4 is 17.6 Å². The summed E-state index contributed by atoms with van der Waals surface area (Å²) in [4.78, 5) is 25.3. The molecule has 0 aliphatic rings. The summed E-state index contributed by atoms with van der Waals surface area (Å²) in [5, 5.41) is 2.77. The van der Waals surface area contributed by atoms with Crippen LogP contribution < -0.4 is 19.5 Å². The topological polar surface area (TPSA) is 92.3 Å². The maximum atomic E-state index is 13.0. The number of methoxy groups -OCH3 is 3. The van der Waals surface area contributed by atoms with Crippen LogP contribution in [0.25, 0.3) is 0 Å². The van der Waals surface area contributed by atoms with E-state index in [1.807, 2.05) is 6.92 Å². The van der Waals surface area contributed by atoms with Gasteiger partial charge in [-0.3, -0.25) is 4.79 Å². The highest BCUT2D eigenvalue weighted by molar-refractivity contribution is 6.08. The number of anilines is 1. The third-order valence-electron chi connectivity index (χ3n) is 4.70. The van der Waals surface area contributed by atoms with Crippen LogP contribution in [-0.4, -0.2) is 46.4 Å². The van der Waals surface area contributed by atoms with Gasteiger partial charge in [0.2, 0.25) is 0 Å². The first-order valence-corrected chi connectivity index (χ1v) is 10.5. The number of hydrogen-bond acceptors (Lipinski definition) is 7. The lowest BCUT2D eigenvalue weighted by molar-refractivity contribution is 0.0601. The molecule has 2 rings (SSSR count). The Bertz CT molecular complexity index is 927. The number of benzene rings is 2. The lowest BCUT2D eigenvalue weighted by Crippen LogP contribution is -2.16. The van der Waals surface area contributed by atoms with E-state index in [-0.39, 0.29) is 11.3 Å².